The lowest BCUT2D eigenvalue weighted by atomic mass is 9.88. The first kappa shape index (κ1) is 22.7. The Morgan fingerprint density at radius 2 is 1.55 bits per heavy atom. The highest BCUT2D eigenvalue weighted by atomic mass is 32.2. The second kappa shape index (κ2) is 9.87. The maximum Gasteiger partial charge on any atom is 0.243 e. The molecule has 0 aromatic heterocycles. The van der Waals surface area contributed by atoms with Gasteiger partial charge in [0.15, 0.2) is 0 Å². The first-order chi connectivity index (χ1) is 13.8. The molecule has 1 saturated heterocycles. The van der Waals surface area contributed by atoms with Gasteiger partial charge in [-0.15, -0.1) is 0 Å². The van der Waals surface area contributed by atoms with Crippen molar-refractivity contribution in [1.29, 1.82) is 0 Å². The lowest BCUT2D eigenvalue weighted by Gasteiger charge is -2.28. The lowest BCUT2D eigenvalue weighted by Crippen LogP contribution is -2.35. The Bertz CT molecular complexity index is 863. The SMILES string of the molecule is CC1CCCCC1OCCNS(=O)(=O)c1ccc(S(=O)(=O)N2CCCCC2)cc1. The zero-order valence-corrected chi connectivity index (χ0v) is 18.7. The molecule has 9 heteroatoms. The average molecular weight is 445 g/mol. The number of benzene rings is 1. The van der Waals surface area contributed by atoms with Gasteiger partial charge >= 0.3 is 0 Å². The topological polar surface area (TPSA) is 92.8 Å². The van der Waals surface area contributed by atoms with Crippen molar-refractivity contribution < 1.29 is 21.6 Å². The minimum atomic E-state index is -3.70. The minimum absolute atomic E-state index is 0.0566. The van der Waals surface area contributed by atoms with E-state index in [9.17, 15) is 16.8 Å². The molecule has 2 atom stereocenters. The van der Waals surface area contributed by atoms with Crippen molar-refractivity contribution in [1.82, 2.24) is 9.03 Å². The van der Waals surface area contributed by atoms with E-state index in [-0.39, 0.29) is 22.4 Å². The summed E-state index contributed by atoms with van der Waals surface area (Å²) in [5.41, 5.74) is 0. The van der Waals surface area contributed by atoms with Crippen LogP contribution >= 0.6 is 0 Å². The van der Waals surface area contributed by atoms with Crippen molar-refractivity contribution >= 4 is 20.0 Å². The van der Waals surface area contributed by atoms with Crippen molar-refractivity contribution in [2.75, 3.05) is 26.2 Å². The van der Waals surface area contributed by atoms with E-state index in [0.29, 0.717) is 25.6 Å². The molecule has 7 nitrogen and oxygen atoms in total. The molecule has 1 aromatic rings. The lowest BCUT2D eigenvalue weighted by molar-refractivity contribution is -0.00176. The summed E-state index contributed by atoms with van der Waals surface area (Å²) >= 11 is 0. The predicted octanol–water partition coefficient (Wildman–Crippen LogP) is 2.73. The van der Waals surface area contributed by atoms with E-state index in [1.807, 2.05) is 0 Å². The third-order valence-corrected chi connectivity index (χ3v) is 9.24. The molecule has 2 aliphatic rings. The number of piperidine rings is 1. The van der Waals surface area contributed by atoms with Crippen LogP contribution in [0.5, 0.6) is 0 Å². The fourth-order valence-corrected chi connectivity index (χ4v) is 6.57. The van der Waals surface area contributed by atoms with Crippen molar-refractivity contribution in [3.8, 4) is 0 Å². The fraction of sp³-hybridized carbons (Fsp3) is 0.700. The van der Waals surface area contributed by atoms with E-state index in [1.165, 1.54) is 35.0 Å². The van der Waals surface area contributed by atoms with Gasteiger partial charge in [0.1, 0.15) is 0 Å². The number of sulfonamides is 2. The fourth-order valence-electron chi connectivity index (χ4n) is 4.04. The van der Waals surface area contributed by atoms with Gasteiger partial charge in [0.2, 0.25) is 20.0 Å². The standard InChI is InChI=1S/C20H32N2O5S2/c1-17-7-3-4-8-20(17)27-16-13-21-28(23,24)18-9-11-19(12-10-18)29(25,26)22-14-5-2-6-15-22/h9-12,17,20-21H,2-8,13-16H2,1H3. The minimum Gasteiger partial charge on any atom is -0.377 e. The Labute approximate surface area is 174 Å². The Morgan fingerprint density at radius 3 is 2.21 bits per heavy atom. The monoisotopic (exact) mass is 444 g/mol. The maximum absolute atomic E-state index is 12.7. The average Bonchev–Trinajstić information content (AvgIpc) is 2.73. The molecule has 0 bridgehead atoms. The summed E-state index contributed by atoms with van der Waals surface area (Å²) in [5.74, 6) is 0.509. The van der Waals surface area contributed by atoms with Gasteiger partial charge < -0.3 is 4.74 Å². The summed E-state index contributed by atoms with van der Waals surface area (Å²) in [4.78, 5) is 0.189. The number of hydrogen-bond donors (Lipinski definition) is 1. The summed E-state index contributed by atoms with van der Waals surface area (Å²) < 4.78 is 60.2. The first-order valence-corrected chi connectivity index (χ1v) is 13.4. The van der Waals surface area contributed by atoms with Crippen LogP contribution in [0.4, 0.5) is 0 Å². The number of ether oxygens (including phenoxy) is 1. The van der Waals surface area contributed by atoms with Crippen LogP contribution in [0.15, 0.2) is 34.1 Å². The van der Waals surface area contributed by atoms with Crippen LogP contribution in [0.3, 0.4) is 0 Å². The summed E-state index contributed by atoms with van der Waals surface area (Å²) in [6, 6.07) is 5.45. The number of hydrogen-bond acceptors (Lipinski definition) is 5. The summed E-state index contributed by atoms with van der Waals surface area (Å²) in [6.45, 7) is 3.73. The normalized spacial score (nSPS) is 24.4. The molecular weight excluding hydrogens is 412 g/mol. The molecule has 1 aromatic carbocycles. The highest BCUT2D eigenvalue weighted by molar-refractivity contribution is 7.89. The Morgan fingerprint density at radius 1 is 0.931 bits per heavy atom. The summed E-state index contributed by atoms with van der Waals surface area (Å²) in [5, 5.41) is 0. The van der Waals surface area contributed by atoms with E-state index >= 15 is 0 Å². The molecule has 3 rings (SSSR count). The number of rotatable bonds is 8. The van der Waals surface area contributed by atoms with Crippen LogP contribution in [0.25, 0.3) is 0 Å². The first-order valence-electron chi connectivity index (χ1n) is 10.5. The van der Waals surface area contributed by atoms with Gasteiger partial charge in [-0.3, -0.25) is 0 Å². The van der Waals surface area contributed by atoms with Gasteiger partial charge in [-0.2, -0.15) is 4.31 Å². The molecule has 1 saturated carbocycles. The highest BCUT2D eigenvalue weighted by Gasteiger charge is 2.26. The molecule has 164 valence electrons. The second-order valence-electron chi connectivity index (χ2n) is 8.00. The largest absolute Gasteiger partial charge is 0.377 e. The molecular formula is C20H32N2O5S2. The third-order valence-electron chi connectivity index (χ3n) is 5.85. The van der Waals surface area contributed by atoms with Gasteiger partial charge in [0, 0.05) is 19.6 Å². The van der Waals surface area contributed by atoms with Gasteiger partial charge in [0.05, 0.1) is 22.5 Å². The van der Waals surface area contributed by atoms with E-state index in [1.54, 1.807) is 0 Å². The molecule has 1 N–H and O–H groups in total. The van der Waals surface area contributed by atoms with E-state index in [2.05, 4.69) is 11.6 Å². The van der Waals surface area contributed by atoms with Crippen molar-refractivity contribution in [2.24, 2.45) is 5.92 Å². The van der Waals surface area contributed by atoms with Crippen LogP contribution in [0, 0.1) is 5.92 Å². The van der Waals surface area contributed by atoms with Crippen molar-refractivity contribution in [3.05, 3.63) is 24.3 Å². The molecule has 2 unspecified atom stereocenters. The Hall–Kier alpha value is -1.00. The van der Waals surface area contributed by atoms with Crippen LogP contribution in [-0.4, -0.2) is 53.5 Å². The highest BCUT2D eigenvalue weighted by Crippen LogP contribution is 2.26. The summed E-state index contributed by atoms with van der Waals surface area (Å²) in [7, 11) is -7.27. The Kier molecular flexibility index (Phi) is 7.72. The summed E-state index contributed by atoms with van der Waals surface area (Å²) in [6.07, 6.45) is 7.54. The smallest absolute Gasteiger partial charge is 0.243 e. The molecule has 0 spiro atoms. The quantitative estimate of drug-likeness (QED) is 0.623. The molecule has 1 aliphatic heterocycles. The molecule has 29 heavy (non-hydrogen) atoms. The molecule has 0 amide bonds. The zero-order valence-electron chi connectivity index (χ0n) is 17.0. The third kappa shape index (κ3) is 5.79. The molecule has 1 aliphatic carbocycles. The van der Waals surface area contributed by atoms with Gasteiger partial charge in [-0.05, 0) is 55.9 Å². The van der Waals surface area contributed by atoms with Crippen LogP contribution in [-0.2, 0) is 24.8 Å². The number of nitrogens with zero attached hydrogens (tertiary/aromatic N) is 1. The van der Waals surface area contributed by atoms with E-state index in [4.69, 9.17) is 4.74 Å². The van der Waals surface area contributed by atoms with Crippen LogP contribution < -0.4 is 4.72 Å². The molecule has 0 radical (unpaired) electrons. The van der Waals surface area contributed by atoms with Crippen molar-refractivity contribution in [2.45, 2.75) is 67.8 Å². The van der Waals surface area contributed by atoms with E-state index < -0.39 is 20.0 Å². The van der Waals surface area contributed by atoms with Crippen LogP contribution in [0.1, 0.15) is 51.9 Å². The maximum atomic E-state index is 12.7. The number of nitrogens with one attached hydrogen (secondary N) is 1. The predicted molar refractivity (Wildman–Crippen MR) is 112 cm³/mol. The second-order valence-corrected chi connectivity index (χ2v) is 11.7. The zero-order chi connectivity index (χ0) is 20.9. The van der Waals surface area contributed by atoms with Gasteiger partial charge in [0.25, 0.3) is 0 Å². The van der Waals surface area contributed by atoms with Crippen molar-refractivity contribution in [3.63, 3.8) is 0 Å². The van der Waals surface area contributed by atoms with Crippen LogP contribution in [0.2, 0.25) is 0 Å². The van der Waals surface area contributed by atoms with Gasteiger partial charge in [-0.25, -0.2) is 21.6 Å². The van der Waals surface area contributed by atoms with Gasteiger partial charge in [-0.1, -0.05) is 26.2 Å². The Balaban J connectivity index is 1.55. The molecule has 2 fully saturated rings. The molecule has 1 heterocycles. The van der Waals surface area contributed by atoms with E-state index in [0.717, 1.165) is 38.5 Å².